The van der Waals surface area contributed by atoms with Crippen LogP contribution in [0.25, 0.3) is 11.1 Å². The second-order valence-corrected chi connectivity index (χ2v) is 8.45. The van der Waals surface area contributed by atoms with Gasteiger partial charge in [-0.15, -0.1) is 0 Å². The van der Waals surface area contributed by atoms with E-state index in [1.807, 2.05) is 29.2 Å². The molecule has 1 atom stereocenters. The van der Waals surface area contributed by atoms with Crippen molar-refractivity contribution in [2.24, 2.45) is 11.3 Å². The Kier molecular flexibility index (Phi) is 6.68. The molecule has 1 N–H and O–H groups in total. The number of carbonyl (C=O) groups is 2. The molecule has 2 heterocycles. The summed E-state index contributed by atoms with van der Waals surface area (Å²) >= 11 is 0. The second kappa shape index (κ2) is 9.21. The van der Waals surface area contributed by atoms with Crippen molar-refractivity contribution < 1.29 is 9.59 Å². The SMILES string of the molecule is CNC(=O)[C@]1(Cc2ccccc2-c2ccncc2)CCCN(C(=O)CC(C)C)C1. The van der Waals surface area contributed by atoms with E-state index in [1.165, 1.54) is 0 Å². The van der Waals surface area contributed by atoms with E-state index in [1.54, 1.807) is 19.4 Å². The van der Waals surface area contributed by atoms with Crippen LogP contribution in [0.5, 0.6) is 0 Å². The molecule has 0 saturated carbocycles. The Morgan fingerprint density at radius 2 is 1.90 bits per heavy atom. The predicted octanol–water partition coefficient (Wildman–Crippen LogP) is 3.69. The molecule has 5 nitrogen and oxygen atoms in total. The zero-order chi connectivity index (χ0) is 20.9. The lowest BCUT2D eigenvalue weighted by atomic mass is 9.73. The summed E-state index contributed by atoms with van der Waals surface area (Å²) in [6.07, 6.45) is 6.33. The van der Waals surface area contributed by atoms with E-state index in [0.29, 0.717) is 25.3 Å². The molecule has 29 heavy (non-hydrogen) atoms. The maximum Gasteiger partial charge on any atom is 0.228 e. The third-order valence-electron chi connectivity index (χ3n) is 5.76. The first kappa shape index (κ1) is 21.0. The summed E-state index contributed by atoms with van der Waals surface area (Å²) in [5, 5.41) is 2.87. The molecule has 0 unspecified atom stereocenters. The monoisotopic (exact) mass is 393 g/mol. The number of likely N-dealkylation sites (tertiary alicyclic amines) is 1. The number of hydrogen-bond acceptors (Lipinski definition) is 3. The van der Waals surface area contributed by atoms with Gasteiger partial charge in [-0.1, -0.05) is 38.1 Å². The maximum absolute atomic E-state index is 13.1. The predicted molar refractivity (Wildman–Crippen MR) is 115 cm³/mol. The number of nitrogens with zero attached hydrogens (tertiary/aromatic N) is 2. The zero-order valence-corrected chi connectivity index (χ0v) is 17.6. The van der Waals surface area contributed by atoms with E-state index in [0.717, 1.165) is 36.1 Å². The van der Waals surface area contributed by atoms with E-state index >= 15 is 0 Å². The second-order valence-electron chi connectivity index (χ2n) is 8.45. The lowest BCUT2D eigenvalue weighted by molar-refractivity contribution is -0.141. The smallest absolute Gasteiger partial charge is 0.228 e. The number of rotatable bonds is 6. The van der Waals surface area contributed by atoms with Crippen LogP contribution < -0.4 is 5.32 Å². The molecule has 1 saturated heterocycles. The van der Waals surface area contributed by atoms with Crippen LogP contribution >= 0.6 is 0 Å². The van der Waals surface area contributed by atoms with Gasteiger partial charge < -0.3 is 10.2 Å². The van der Waals surface area contributed by atoms with Gasteiger partial charge in [0.25, 0.3) is 0 Å². The number of hydrogen-bond donors (Lipinski definition) is 1. The van der Waals surface area contributed by atoms with Crippen LogP contribution in [0.4, 0.5) is 0 Å². The Morgan fingerprint density at radius 1 is 1.17 bits per heavy atom. The molecule has 0 spiro atoms. The fourth-order valence-corrected chi connectivity index (χ4v) is 4.35. The first-order chi connectivity index (χ1) is 13.9. The molecular formula is C24H31N3O2. The van der Waals surface area contributed by atoms with Gasteiger partial charge in [0.15, 0.2) is 0 Å². The number of carbonyl (C=O) groups excluding carboxylic acids is 2. The molecule has 1 aliphatic rings. The van der Waals surface area contributed by atoms with Crippen molar-refractivity contribution in [3.05, 3.63) is 54.4 Å². The Hall–Kier alpha value is -2.69. The molecule has 154 valence electrons. The first-order valence-corrected chi connectivity index (χ1v) is 10.4. The van der Waals surface area contributed by atoms with Gasteiger partial charge in [-0.25, -0.2) is 0 Å². The number of aromatic nitrogens is 1. The van der Waals surface area contributed by atoms with Gasteiger partial charge in [0.05, 0.1) is 5.41 Å². The van der Waals surface area contributed by atoms with E-state index < -0.39 is 5.41 Å². The zero-order valence-electron chi connectivity index (χ0n) is 17.6. The van der Waals surface area contributed by atoms with Crippen molar-refractivity contribution in [1.29, 1.82) is 0 Å². The molecule has 0 bridgehead atoms. The van der Waals surface area contributed by atoms with Crippen molar-refractivity contribution in [2.75, 3.05) is 20.1 Å². The molecule has 5 heteroatoms. The van der Waals surface area contributed by atoms with Crippen LogP contribution in [0.15, 0.2) is 48.8 Å². The minimum atomic E-state index is -0.608. The summed E-state index contributed by atoms with van der Waals surface area (Å²) in [4.78, 5) is 31.8. The lowest BCUT2D eigenvalue weighted by Gasteiger charge is -2.42. The van der Waals surface area contributed by atoms with Crippen LogP contribution in [-0.2, 0) is 16.0 Å². The highest BCUT2D eigenvalue weighted by atomic mass is 16.2. The number of piperidine rings is 1. The van der Waals surface area contributed by atoms with Crippen LogP contribution in [-0.4, -0.2) is 41.8 Å². The fourth-order valence-electron chi connectivity index (χ4n) is 4.35. The van der Waals surface area contributed by atoms with E-state index in [-0.39, 0.29) is 11.8 Å². The third-order valence-corrected chi connectivity index (χ3v) is 5.76. The van der Waals surface area contributed by atoms with Crippen LogP contribution in [0.3, 0.4) is 0 Å². The van der Waals surface area contributed by atoms with Crippen LogP contribution in [0.1, 0.15) is 38.7 Å². The molecule has 2 aromatic rings. The van der Waals surface area contributed by atoms with Gasteiger partial charge in [-0.3, -0.25) is 14.6 Å². The van der Waals surface area contributed by atoms with Gasteiger partial charge in [0.2, 0.25) is 11.8 Å². The summed E-state index contributed by atoms with van der Waals surface area (Å²) in [6.45, 7) is 5.32. The van der Waals surface area contributed by atoms with Crippen molar-refractivity contribution >= 4 is 11.8 Å². The highest BCUT2D eigenvalue weighted by Crippen LogP contribution is 2.37. The first-order valence-electron chi connectivity index (χ1n) is 10.4. The average Bonchev–Trinajstić information content (AvgIpc) is 2.74. The normalized spacial score (nSPS) is 19.2. The van der Waals surface area contributed by atoms with Gasteiger partial charge in [0.1, 0.15) is 0 Å². The van der Waals surface area contributed by atoms with Crippen LogP contribution in [0.2, 0.25) is 0 Å². The Labute approximate surface area is 173 Å². The number of nitrogens with one attached hydrogen (secondary N) is 1. The van der Waals surface area contributed by atoms with E-state index in [4.69, 9.17) is 0 Å². The van der Waals surface area contributed by atoms with Crippen LogP contribution in [0, 0.1) is 11.3 Å². The van der Waals surface area contributed by atoms with Gasteiger partial charge in [0, 0.05) is 39.0 Å². The largest absolute Gasteiger partial charge is 0.359 e. The number of amides is 2. The van der Waals surface area contributed by atoms with Crippen molar-refractivity contribution in [3.8, 4) is 11.1 Å². The van der Waals surface area contributed by atoms with Crippen molar-refractivity contribution in [1.82, 2.24) is 15.2 Å². The Balaban J connectivity index is 1.93. The summed E-state index contributed by atoms with van der Waals surface area (Å²) in [7, 11) is 1.69. The molecule has 0 radical (unpaired) electrons. The lowest BCUT2D eigenvalue weighted by Crippen LogP contribution is -2.54. The highest BCUT2D eigenvalue weighted by molar-refractivity contribution is 5.85. The average molecular weight is 394 g/mol. The van der Waals surface area contributed by atoms with Gasteiger partial charge >= 0.3 is 0 Å². The minimum absolute atomic E-state index is 0.0177. The molecule has 0 aliphatic carbocycles. The molecular weight excluding hydrogens is 362 g/mol. The summed E-state index contributed by atoms with van der Waals surface area (Å²) < 4.78 is 0. The summed E-state index contributed by atoms with van der Waals surface area (Å²) in [6, 6.07) is 12.2. The third kappa shape index (κ3) is 4.84. The number of benzene rings is 1. The Morgan fingerprint density at radius 3 is 2.59 bits per heavy atom. The Bertz CT molecular complexity index is 850. The van der Waals surface area contributed by atoms with Gasteiger partial charge in [-0.2, -0.15) is 0 Å². The molecule has 1 aromatic carbocycles. The standard InChI is InChI=1S/C24H31N3O2/c1-18(2)15-22(28)27-14-6-11-24(17-27,23(29)25-3)16-20-7-4-5-8-21(20)19-9-12-26-13-10-19/h4-5,7-10,12-13,18H,6,11,14-17H2,1-3H3,(H,25,29)/t24-/m0/s1. The topological polar surface area (TPSA) is 62.3 Å². The molecule has 2 amide bonds. The number of pyridine rings is 1. The van der Waals surface area contributed by atoms with E-state index in [9.17, 15) is 9.59 Å². The molecule has 1 aromatic heterocycles. The minimum Gasteiger partial charge on any atom is -0.359 e. The summed E-state index contributed by atoms with van der Waals surface area (Å²) in [5.41, 5.74) is 2.72. The fraction of sp³-hybridized carbons (Fsp3) is 0.458. The van der Waals surface area contributed by atoms with E-state index in [2.05, 4.69) is 36.3 Å². The molecule has 1 fully saturated rings. The molecule has 3 rings (SSSR count). The quantitative estimate of drug-likeness (QED) is 0.814. The van der Waals surface area contributed by atoms with Crippen molar-refractivity contribution in [2.45, 2.75) is 39.5 Å². The van der Waals surface area contributed by atoms with Gasteiger partial charge in [-0.05, 0) is 54.0 Å². The maximum atomic E-state index is 13.1. The van der Waals surface area contributed by atoms with Crippen molar-refractivity contribution in [3.63, 3.8) is 0 Å². The highest BCUT2D eigenvalue weighted by Gasteiger charge is 2.43. The molecule has 1 aliphatic heterocycles. The summed E-state index contributed by atoms with van der Waals surface area (Å²) in [5.74, 6) is 0.478.